The molecule has 0 aromatic rings. The zero-order valence-corrected chi connectivity index (χ0v) is 11.2. The van der Waals surface area contributed by atoms with Gasteiger partial charge in [0.05, 0.1) is 0 Å². The predicted octanol–water partition coefficient (Wildman–Crippen LogP) is 3.09. The third-order valence-corrected chi connectivity index (χ3v) is 3.65. The predicted molar refractivity (Wildman–Crippen MR) is 67.6 cm³/mol. The molecule has 1 unspecified atom stereocenters. The molecule has 0 bridgehead atoms. The number of hydrogen-bond donors (Lipinski definition) is 2. The van der Waals surface area contributed by atoms with Crippen molar-refractivity contribution in [1.29, 1.82) is 0 Å². The first-order valence-electron chi connectivity index (χ1n) is 6.96. The first kappa shape index (κ1) is 15.8. The van der Waals surface area contributed by atoms with Crippen LogP contribution in [0.4, 0.5) is 13.2 Å². The number of alkyl halides is 3. The zero-order chi connectivity index (χ0) is 13.5. The molecule has 0 saturated carbocycles. The van der Waals surface area contributed by atoms with Crippen molar-refractivity contribution in [3.05, 3.63) is 0 Å². The van der Waals surface area contributed by atoms with Crippen LogP contribution in [0.3, 0.4) is 0 Å². The van der Waals surface area contributed by atoms with Gasteiger partial charge in [0.25, 0.3) is 0 Å². The van der Waals surface area contributed by atoms with Crippen LogP contribution in [-0.2, 0) is 0 Å². The molecule has 1 aliphatic rings. The van der Waals surface area contributed by atoms with Crippen LogP contribution >= 0.6 is 0 Å². The Hall–Kier alpha value is -0.290. The first-order valence-corrected chi connectivity index (χ1v) is 6.96. The van der Waals surface area contributed by atoms with Crippen molar-refractivity contribution in [2.75, 3.05) is 26.2 Å². The highest BCUT2D eigenvalue weighted by Gasteiger charge is 2.31. The quantitative estimate of drug-likeness (QED) is 0.692. The molecule has 1 rings (SSSR count). The van der Waals surface area contributed by atoms with Crippen molar-refractivity contribution in [3.63, 3.8) is 0 Å². The van der Waals surface area contributed by atoms with Crippen molar-refractivity contribution < 1.29 is 13.2 Å². The molecule has 1 aliphatic heterocycles. The smallest absolute Gasteiger partial charge is 0.316 e. The molecular weight excluding hydrogens is 241 g/mol. The van der Waals surface area contributed by atoms with E-state index in [-0.39, 0.29) is 11.8 Å². The molecule has 18 heavy (non-hydrogen) atoms. The Balaban J connectivity index is 2.21. The Bertz CT molecular complexity index is 217. The van der Waals surface area contributed by atoms with Crippen molar-refractivity contribution >= 4 is 0 Å². The average molecular weight is 266 g/mol. The van der Waals surface area contributed by atoms with Gasteiger partial charge in [0, 0.05) is 19.5 Å². The Morgan fingerprint density at radius 3 is 2.67 bits per heavy atom. The van der Waals surface area contributed by atoms with Crippen molar-refractivity contribution in [2.45, 2.75) is 51.6 Å². The van der Waals surface area contributed by atoms with Gasteiger partial charge in [-0.25, -0.2) is 0 Å². The third kappa shape index (κ3) is 6.05. The number of hydrogen-bond acceptors (Lipinski definition) is 2. The summed E-state index contributed by atoms with van der Waals surface area (Å²) in [6.45, 7) is 5.53. The van der Waals surface area contributed by atoms with Gasteiger partial charge in [-0.3, -0.25) is 0 Å². The Labute approximate surface area is 108 Å². The van der Waals surface area contributed by atoms with Crippen molar-refractivity contribution in [1.82, 2.24) is 10.6 Å². The van der Waals surface area contributed by atoms with Gasteiger partial charge in [-0.05, 0) is 44.2 Å². The molecule has 5 heteroatoms. The van der Waals surface area contributed by atoms with Gasteiger partial charge in [0.15, 0.2) is 0 Å². The summed E-state index contributed by atoms with van der Waals surface area (Å²) in [4.78, 5) is 0. The topological polar surface area (TPSA) is 24.1 Å². The lowest BCUT2D eigenvalue weighted by atomic mass is 9.77. The largest absolute Gasteiger partial charge is 0.389 e. The summed E-state index contributed by atoms with van der Waals surface area (Å²) >= 11 is 0. The lowest BCUT2D eigenvalue weighted by Crippen LogP contribution is -2.46. The molecule has 0 aliphatic carbocycles. The Morgan fingerprint density at radius 1 is 1.33 bits per heavy atom. The van der Waals surface area contributed by atoms with Crippen LogP contribution in [0.15, 0.2) is 0 Å². The van der Waals surface area contributed by atoms with E-state index in [4.69, 9.17) is 0 Å². The van der Waals surface area contributed by atoms with Crippen LogP contribution in [0.25, 0.3) is 0 Å². The Morgan fingerprint density at radius 2 is 2.11 bits per heavy atom. The van der Waals surface area contributed by atoms with Gasteiger partial charge in [-0.15, -0.1) is 0 Å². The standard InChI is InChI=1S/C13H25F3N2/c1-2-5-12(6-3-8-17-10-12)11-18-9-4-7-13(14,15)16/h17-18H,2-11H2,1H3. The second kappa shape index (κ2) is 7.34. The van der Waals surface area contributed by atoms with Crippen molar-refractivity contribution in [3.8, 4) is 0 Å². The van der Waals surface area contributed by atoms with Gasteiger partial charge in [0.2, 0.25) is 0 Å². The van der Waals surface area contributed by atoms with E-state index >= 15 is 0 Å². The first-order chi connectivity index (χ1) is 8.47. The Kier molecular flexibility index (Phi) is 6.43. The number of halogens is 3. The fraction of sp³-hybridized carbons (Fsp3) is 1.00. The molecule has 1 atom stereocenters. The summed E-state index contributed by atoms with van der Waals surface area (Å²) in [7, 11) is 0. The van der Waals surface area contributed by atoms with E-state index in [0.29, 0.717) is 6.54 Å². The summed E-state index contributed by atoms with van der Waals surface area (Å²) in [5, 5.41) is 6.62. The highest BCUT2D eigenvalue weighted by atomic mass is 19.4. The van der Waals surface area contributed by atoms with E-state index < -0.39 is 12.6 Å². The zero-order valence-electron chi connectivity index (χ0n) is 11.2. The van der Waals surface area contributed by atoms with Gasteiger partial charge < -0.3 is 10.6 Å². The minimum atomic E-state index is -4.02. The normalized spacial score (nSPS) is 25.3. The summed E-state index contributed by atoms with van der Waals surface area (Å²) in [5.41, 5.74) is 0.255. The highest BCUT2D eigenvalue weighted by molar-refractivity contribution is 4.87. The molecule has 2 N–H and O–H groups in total. The summed E-state index contributed by atoms with van der Waals surface area (Å²) in [6, 6.07) is 0. The average Bonchev–Trinajstić information content (AvgIpc) is 2.28. The third-order valence-electron chi connectivity index (χ3n) is 3.65. The minimum absolute atomic E-state index is 0.180. The monoisotopic (exact) mass is 266 g/mol. The number of rotatable bonds is 7. The van der Waals surface area contributed by atoms with Crippen molar-refractivity contribution in [2.24, 2.45) is 5.41 Å². The molecule has 0 spiro atoms. The van der Waals surface area contributed by atoms with E-state index in [2.05, 4.69) is 17.6 Å². The van der Waals surface area contributed by atoms with E-state index in [9.17, 15) is 13.2 Å². The summed E-state index contributed by atoms with van der Waals surface area (Å²) in [6.07, 6.45) is 0.107. The minimum Gasteiger partial charge on any atom is -0.316 e. The number of piperidine rings is 1. The summed E-state index contributed by atoms with van der Waals surface area (Å²) in [5.74, 6) is 0. The molecule has 2 nitrogen and oxygen atoms in total. The lowest BCUT2D eigenvalue weighted by Gasteiger charge is -2.38. The maximum atomic E-state index is 12.0. The van der Waals surface area contributed by atoms with E-state index in [1.165, 1.54) is 12.8 Å². The van der Waals surface area contributed by atoms with E-state index in [1.807, 2.05) is 0 Å². The molecule has 0 radical (unpaired) electrons. The molecule has 0 aromatic heterocycles. The SMILES string of the molecule is CCCC1(CNCCCC(F)(F)F)CCCNC1. The molecular formula is C13H25F3N2. The van der Waals surface area contributed by atoms with Crippen LogP contribution in [-0.4, -0.2) is 32.4 Å². The lowest BCUT2D eigenvalue weighted by molar-refractivity contribution is -0.135. The van der Waals surface area contributed by atoms with Gasteiger partial charge in [0.1, 0.15) is 0 Å². The fourth-order valence-corrected chi connectivity index (χ4v) is 2.78. The van der Waals surface area contributed by atoms with Gasteiger partial charge >= 0.3 is 6.18 Å². The molecule has 1 heterocycles. The molecule has 108 valence electrons. The molecule has 0 aromatic carbocycles. The van der Waals surface area contributed by atoms with Crippen LogP contribution in [0.1, 0.15) is 45.4 Å². The van der Waals surface area contributed by atoms with Crippen LogP contribution in [0.2, 0.25) is 0 Å². The summed E-state index contributed by atoms with van der Waals surface area (Å²) < 4.78 is 36.0. The van der Waals surface area contributed by atoms with E-state index in [0.717, 1.165) is 32.5 Å². The highest BCUT2D eigenvalue weighted by Crippen LogP contribution is 2.30. The maximum absolute atomic E-state index is 12.0. The van der Waals surface area contributed by atoms with Gasteiger partial charge in [-0.2, -0.15) is 13.2 Å². The molecule has 1 saturated heterocycles. The van der Waals surface area contributed by atoms with Crippen LogP contribution in [0, 0.1) is 5.41 Å². The maximum Gasteiger partial charge on any atom is 0.389 e. The second-order valence-corrected chi connectivity index (χ2v) is 5.43. The van der Waals surface area contributed by atoms with Crippen LogP contribution < -0.4 is 10.6 Å². The van der Waals surface area contributed by atoms with E-state index in [1.54, 1.807) is 0 Å². The van der Waals surface area contributed by atoms with Crippen LogP contribution in [0.5, 0.6) is 0 Å². The fourth-order valence-electron chi connectivity index (χ4n) is 2.78. The van der Waals surface area contributed by atoms with Gasteiger partial charge in [-0.1, -0.05) is 13.3 Å². The molecule has 1 fully saturated rings. The second-order valence-electron chi connectivity index (χ2n) is 5.43. The number of nitrogens with one attached hydrogen (secondary N) is 2. The molecule has 0 amide bonds.